The highest BCUT2D eigenvalue weighted by Crippen LogP contribution is 2.20. The van der Waals surface area contributed by atoms with Gasteiger partial charge in [-0.25, -0.2) is 4.79 Å². The zero-order valence-corrected chi connectivity index (χ0v) is 9.91. The molecule has 0 heterocycles. The molecule has 0 aliphatic rings. The Hall–Kier alpha value is -1.49. The van der Waals surface area contributed by atoms with E-state index in [9.17, 15) is 9.59 Å². The summed E-state index contributed by atoms with van der Waals surface area (Å²) >= 11 is 1.44. The van der Waals surface area contributed by atoms with Crippen LogP contribution in [0, 0.1) is 0 Å². The number of hydrogen-bond acceptors (Lipinski definition) is 4. The van der Waals surface area contributed by atoms with Crippen molar-refractivity contribution >= 4 is 23.6 Å². The summed E-state index contributed by atoms with van der Waals surface area (Å²) in [6.07, 6.45) is 0.950. The van der Waals surface area contributed by atoms with Crippen LogP contribution in [-0.2, 0) is 9.53 Å². The lowest BCUT2D eigenvalue weighted by atomic mass is 10.2. The molecule has 0 aromatic heterocycles. The lowest BCUT2D eigenvalue weighted by Crippen LogP contribution is -2.30. The average molecular weight is 239 g/mol. The zero-order valence-electron chi connectivity index (χ0n) is 9.10. The van der Waals surface area contributed by atoms with Crippen LogP contribution in [0.4, 0.5) is 0 Å². The van der Waals surface area contributed by atoms with Crippen molar-refractivity contribution in [3.05, 3.63) is 29.8 Å². The first-order valence-corrected chi connectivity index (χ1v) is 5.92. The molecule has 0 spiro atoms. The summed E-state index contributed by atoms with van der Waals surface area (Å²) in [4.78, 5) is 23.3. The van der Waals surface area contributed by atoms with Crippen LogP contribution in [-0.4, -0.2) is 24.2 Å². The number of hydrogen-bond donors (Lipinski definition) is 1. The van der Waals surface area contributed by atoms with Gasteiger partial charge in [-0.1, -0.05) is 12.1 Å². The van der Waals surface area contributed by atoms with Crippen molar-refractivity contribution in [2.45, 2.75) is 17.9 Å². The van der Waals surface area contributed by atoms with Crippen LogP contribution in [0.3, 0.4) is 0 Å². The molecule has 1 amide bonds. The van der Waals surface area contributed by atoms with Gasteiger partial charge in [0.1, 0.15) is 0 Å². The third-order valence-corrected chi connectivity index (χ3v) is 2.81. The predicted octanol–water partition coefficient (Wildman–Crippen LogP) is 1.44. The van der Waals surface area contributed by atoms with Gasteiger partial charge in [0.05, 0.1) is 5.56 Å². The van der Waals surface area contributed by atoms with Gasteiger partial charge in [-0.3, -0.25) is 4.79 Å². The standard InChI is InChI=1S/C11H13NO3S/c1-7(10(12)13)15-11(14)8-5-3-4-6-9(8)16-2/h3-7H,1-2H3,(H2,12,13)/t7-/m0/s1. The fraction of sp³-hybridized carbons (Fsp3) is 0.273. The van der Waals surface area contributed by atoms with Crippen LogP contribution in [0.25, 0.3) is 0 Å². The minimum atomic E-state index is -0.914. The lowest BCUT2D eigenvalue weighted by molar-refractivity contribution is -0.125. The normalized spacial score (nSPS) is 11.9. The number of nitrogens with two attached hydrogens (primary N) is 1. The van der Waals surface area contributed by atoms with E-state index in [4.69, 9.17) is 10.5 Å². The second-order valence-electron chi connectivity index (χ2n) is 3.15. The molecular formula is C11H13NO3S. The molecule has 4 nitrogen and oxygen atoms in total. The number of carbonyl (C=O) groups excluding carboxylic acids is 2. The summed E-state index contributed by atoms with van der Waals surface area (Å²) in [5, 5.41) is 0. The molecule has 2 N–H and O–H groups in total. The third kappa shape index (κ3) is 3.00. The molecule has 5 heteroatoms. The Labute approximate surface area is 98.2 Å². The largest absolute Gasteiger partial charge is 0.449 e. The van der Waals surface area contributed by atoms with E-state index >= 15 is 0 Å². The third-order valence-electron chi connectivity index (χ3n) is 2.01. The molecule has 0 unspecified atom stereocenters. The highest BCUT2D eigenvalue weighted by atomic mass is 32.2. The number of benzene rings is 1. The zero-order chi connectivity index (χ0) is 12.1. The Morgan fingerprint density at radius 3 is 2.56 bits per heavy atom. The van der Waals surface area contributed by atoms with Crippen molar-refractivity contribution in [2.75, 3.05) is 6.26 Å². The Morgan fingerprint density at radius 1 is 1.38 bits per heavy atom. The highest BCUT2D eigenvalue weighted by molar-refractivity contribution is 7.98. The summed E-state index contributed by atoms with van der Waals surface area (Å²) in [5.74, 6) is -1.19. The number of rotatable bonds is 4. The number of ether oxygens (including phenoxy) is 1. The Kier molecular flexibility index (Phi) is 4.37. The SMILES string of the molecule is CSc1ccccc1C(=O)O[C@@H](C)C(N)=O. The number of carbonyl (C=O) groups is 2. The summed E-state index contributed by atoms with van der Waals surface area (Å²) in [6.45, 7) is 1.45. The van der Waals surface area contributed by atoms with Crippen molar-refractivity contribution in [1.29, 1.82) is 0 Å². The van der Waals surface area contributed by atoms with E-state index in [0.717, 1.165) is 4.90 Å². The molecule has 1 rings (SSSR count). The molecule has 1 aromatic carbocycles. The van der Waals surface area contributed by atoms with Crippen molar-refractivity contribution in [3.63, 3.8) is 0 Å². The van der Waals surface area contributed by atoms with Gasteiger partial charge in [0, 0.05) is 4.90 Å². The van der Waals surface area contributed by atoms with E-state index < -0.39 is 18.0 Å². The van der Waals surface area contributed by atoms with Gasteiger partial charge >= 0.3 is 5.97 Å². The fourth-order valence-electron chi connectivity index (χ4n) is 1.10. The molecular weight excluding hydrogens is 226 g/mol. The van der Waals surface area contributed by atoms with Crippen LogP contribution < -0.4 is 5.73 Å². The van der Waals surface area contributed by atoms with Gasteiger partial charge in [-0.15, -0.1) is 11.8 Å². The van der Waals surface area contributed by atoms with E-state index in [-0.39, 0.29) is 0 Å². The fourth-order valence-corrected chi connectivity index (χ4v) is 1.68. The molecule has 0 aliphatic carbocycles. The maximum absolute atomic E-state index is 11.7. The quantitative estimate of drug-likeness (QED) is 0.637. The van der Waals surface area contributed by atoms with Crippen molar-refractivity contribution < 1.29 is 14.3 Å². The monoisotopic (exact) mass is 239 g/mol. The molecule has 0 bridgehead atoms. The Balaban J connectivity index is 2.84. The van der Waals surface area contributed by atoms with Gasteiger partial charge in [-0.05, 0) is 25.3 Å². The Bertz CT molecular complexity index is 406. The molecule has 1 aromatic rings. The average Bonchev–Trinajstić information content (AvgIpc) is 2.28. The number of amides is 1. The van der Waals surface area contributed by atoms with Gasteiger partial charge < -0.3 is 10.5 Å². The molecule has 0 saturated heterocycles. The minimum Gasteiger partial charge on any atom is -0.449 e. The van der Waals surface area contributed by atoms with Crippen molar-refractivity contribution in [1.82, 2.24) is 0 Å². The van der Waals surface area contributed by atoms with E-state index in [1.165, 1.54) is 18.7 Å². The minimum absolute atomic E-state index is 0.447. The van der Waals surface area contributed by atoms with Gasteiger partial charge in [0.2, 0.25) is 0 Å². The Morgan fingerprint density at radius 2 is 2.00 bits per heavy atom. The van der Waals surface area contributed by atoms with Crippen LogP contribution in [0.2, 0.25) is 0 Å². The molecule has 0 fully saturated rings. The van der Waals surface area contributed by atoms with E-state index in [2.05, 4.69) is 0 Å². The van der Waals surface area contributed by atoms with E-state index in [0.29, 0.717) is 5.56 Å². The molecule has 1 atom stereocenters. The highest BCUT2D eigenvalue weighted by Gasteiger charge is 2.18. The smallest absolute Gasteiger partial charge is 0.340 e. The van der Waals surface area contributed by atoms with Crippen LogP contribution in [0.15, 0.2) is 29.2 Å². The first kappa shape index (κ1) is 12.6. The molecule has 0 saturated carbocycles. The number of thioether (sulfide) groups is 1. The maximum Gasteiger partial charge on any atom is 0.340 e. The second-order valence-corrected chi connectivity index (χ2v) is 4.00. The second kappa shape index (κ2) is 5.55. The first-order valence-electron chi connectivity index (χ1n) is 4.69. The number of esters is 1. The van der Waals surface area contributed by atoms with Gasteiger partial charge in [0.15, 0.2) is 6.10 Å². The first-order chi connectivity index (χ1) is 7.56. The predicted molar refractivity (Wildman–Crippen MR) is 62.3 cm³/mol. The number of primary amides is 1. The van der Waals surface area contributed by atoms with Crippen LogP contribution >= 0.6 is 11.8 Å². The lowest BCUT2D eigenvalue weighted by Gasteiger charge is -2.11. The van der Waals surface area contributed by atoms with Crippen LogP contribution in [0.1, 0.15) is 17.3 Å². The molecule has 86 valence electrons. The van der Waals surface area contributed by atoms with E-state index in [1.54, 1.807) is 12.1 Å². The summed E-state index contributed by atoms with van der Waals surface area (Å²) in [7, 11) is 0. The summed E-state index contributed by atoms with van der Waals surface area (Å²) < 4.78 is 4.91. The maximum atomic E-state index is 11.7. The summed E-state index contributed by atoms with van der Waals surface area (Å²) in [5.41, 5.74) is 5.46. The van der Waals surface area contributed by atoms with E-state index in [1.807, 2.05) is 18.4 Å². The van der Waals surface area contributed by atoms with Gasteiger partial charge in [-0.2, -0.15) is 0 Å². The van der Waals surface area contributed by atoms with Gasteiger partial charge in [0.25, 0.3) is 5.91 Å². The molecule has 0 aliphatic heterocycles. The summed E-state index contributed by atoms with van der Waals surface area (Å²) in [6, 6.07) is 7.05. The molecule has 0 radical (unpaired) electrons. The van der Waals surface area contributed by atoms with Crippen molar-refractivity contribution in [3.8, 4) is 0 Å². The van der Waals surface area contributed by atoms with Crippen LogP contribution in [0.5, 0.6) is 0 Å². The topological polar surface area (TPSA) is 69.4 Å². The van der Waals surface area contributed by atoms with Crippen molar-refractivity contribution in [2.24, 2.45) is 5.73 Å². The molecule has 16 heavy (non-hydrogen) atoms.